The molecule has 94 valence electrons. The SMILES string of the molecule is CC1CCn2c(cnc2Cc2ccc(Cl)cc2)C1. The van der Waals surface area contributed by atoms with Gasteiger partial charge in [0.15, 0.2) is 0 Å². The topological polar surface area (TPSA) is 17.8 Å². The lowest BCUT2D eigenvalue weighted by Gasteiger charge is -2.21. The van der Waals surface area contributed by atoms with E-state index >= 15 is 0 Å². The Morgan fingerprint density at radius 3 is 2.89 bits per heavy atom. The zero-order chi connectivity index (χ0) is 12.5. The summed E-state index contributed by atoms with van der Waals surface area (Å²) in [7, 11) is 0. The zero-order valence-electron chi connectivity index (χ0n) is 10.6. The number of hydrogen-bond donors (Lipinski definition) is 0. The van der Waals surface area contributed by atoms with E-state index in [4.69, 9.17) is 11.6 Å². The number of aromatic nitrogens is 2. The molecule has 2 heterocycles. The fourth-order valence-electron chi connectivity index (χ4n) is 2.62. The average Bonchev–Trinajstić information content (AvgIpc) is 2.74. The molecule has 0 spiro atoms. The summed E-state index contributed by atoms with van der Waals surface area (Å²) in [6.07, 6.45) is 5.36. The van der Waals surface area contributed by atoms with Crippen molar-refractivity contribution in [3.05, 3.63) is 52.6 Å². The first-order valence-electron chi connectivity index (χ1n) is 6.50. The van der Waals surface area contributed by atoms with Gasteiger partial charge in [-0.15, -0.1) is 0 Å². The number of halogens is 1. The molecule has 1 aromatic heterocycles. The Morgan fingerprint density at radius 1 is 1.33 bits per heavy atom. The van der Waals surface area contributed by atoms with Gasteiger partial charge in [-0.1, -0.05) is 30.7 Å². The van der Waals surface area contributed by atoms with Crippen molar-refractivity contribution in [2.24, 2.45) is 5.92 Å². The van der Waals surface area contributed by atoms with Crippen LogP contribution in [0.25, 0.3) is 0 Å². The Morgan fingerprint density at radius 2 is 2.11 bits per heavy atom. The number of imidazole rings is 1. The van der Waals surface area contributed by atoms with E-state index in [1.807, 2.05) is 18.3 Å². The molecule has 18 heavy (non-hydrogen) atoms. The van der Waals surface area contributed by atoms with Crippen LogP contribution in [0, 0.1) is 5.92 Å². The molecular formula is C15H17ClN2. The molecule has 1 aliphatic rings. The summed E-state index contributed by atoms with van der Waals surface area (Å²) in [5.41, 5.74) is 2.66. The van der Waals surface area contributed by atoms with Crippen LogP contribution in [0.5, 0.6) is 0 Å². The number of hydrogen-bond acceptors (Lipinski definition) is 1. The average molecular weight is 261 g/mol. The van der Waals surface area contributed by atoms with Gasteiger partial charge in [-0.2, -0.15) is 0 Å². The summed E-state index contributed by atoms with van der Waals surface area (Å²) < 4.78 is 2.38. The van der Waals surface area contributed by atoms with Gasteiger partial charge in [0.25, 0.3) is 0 Å². The molecule has 3 rings (SSSR count). The monoisotopic (exact) mass is 260 g/mol. The number of rotatable bonds is 2. The fourth-order valence-corrected chi connectivity index (χ4v) is 2.75. The summed E-state index contributed by atoms with van der Waals surface area (Å²) in [6, 6.07) is 8.04. The van der Waals surface area contributed by atoms with Gasteiger partial charge in [0.2, 0.25) is 0 Å². The predicted molar refractivity (Wildman–Crippen MR) is 74.0 cm³/mol. The number of nitrogens with zero attached hydrogens (tertiary/aromatic N) is 2. The standard InChI is InChI=1S/C15H17ClN2/c1-11-6-7-18-14(8-11)10-17-15(18)9-12-2-4-13(16)5-3-12/h2-5,10-11H,6-9H2,1H3. The van der Waals surface area contributed by atoms with Crippen molar-refractivity contribution in [1.82, 2.24) is 9.55 Å². The van der Waals surface area contributed by atoms with Crippen LogP contribution in [0.3, 0.4) is 0 Å². The molecule has 0 bridgehead atoms. The second kappa shape index (κ2) is 4.77. The number of fused-ring (bicyclic) bond motifs is 1. The van der Waals surface area contributed by atoms with Gasteiger partial charge in [-0.05, 0) is 36.5 Å². The van der Waals surface area contributed by atoms with Gasteiger partial charge in [-0.3, -0.25) is 0 Å². The van der Waals surface area contributed by atoms with Gasteiger partial charge in [0, 0.05) is 29.9 Å². The van der Waals surface area contributed by atoms with Crippen LogP contribution < -0.4 is 0 Å². The molecular weight excluding hydrogens is 244 g/mol. The highest BCUT2D eigenvalue weighted by molar-refractivity contribution is 6.30. The predicted octanol–water partition coefficient (Wildman–Crippen LogP) is 3.71. The van der Waals surface area contributed by atoms with Gasteiger partial charge >= 0.3 is 0 Å². The lowest BCUT2D eigenvalue weighted by atomic mass is 9.98. The molecule has 1 unspecified atom stereocenters. The second-order valence-corrected chi connectivity index (χ2v) is 5.66. The van der Waals surface area contributed by atoms with Crippen LogP contribution in [0.15, 0.2) is 30.5 Å². The molecule has 1 aliphatic heterocycles. The van der Waals surface area contributed by atoms with E-state index < -0.39 is 0 Å². The smallest absolute Gasteiger partial charge is 0.113 e. The quantitative estimate of drug-likeness (QED) is 0.805. The summed E-state index contributed by atoms with van der Waals surface area (Å²) >= 11 is 5.90. The van der Waals surface area contributed by atoms with Gasteiger partial charge in [0.1, 0.15) is 5.82 Å². The first-order valence-corrected chi connectivity index (χ1v) is 6.88. The molecule has 0 N–H and O–H groups in total. The normalized spacial score (nSPS) is 18.7. The highest BCUT2D eigenvalue weighted by Crippen LogP contribution is 2.22. The lowest BCUT2D eigenvalue weighted by Crippen LogP contribution is -2.18. The van der Waals surface area contributed by atoms with E-state index in [1.54, 1.807) is 0 Å². The molecule has 0 saturated carbocycles. The summed E-state index contributed by atoms with van der Waals surface area (Å²) in [5, 5.41) is 0.790. The third-order valence-electron chi connectivity index (χ3n) is 3.70. The maximum absolute atomic E-state index is 5.90. The van der Waals surface area contributed by atoms with E-state index in [-0.39, 0.29) is 0 Å². The van der Waals surface area contributed by atoms with E-state index in [0.29, 0.717) is 0 Å². The van der Waals surface area contributed by atoms with E-state index in [0.717, 1.165) is 30.3 Å². The Kier molecular flexibility index (Phi) is 3.13. The molecule has 1 atom stereocenters. The molecule has 0 saturated heterocycles. The lowest BCUT2D eigenvalue weighted by molar-refractivity contribution is 0.410. The van der Waals surface area contributed by atoms with Crippen LogP contribution in [0.4, 0.5) is 0 Å². The van der Waals surface area contributed by atoms with Crippen LogP contribution >= 0.6 is 11.6 Å². The third-order valence-corrected chi connectivity index (χ3v) is 3.95. The fraction of sp³-hybridized carbons (Fsp3) is 0.400. The minimum atomic E-state index is 0.789. The molecule has 0 amide bonds. The van der Waals surface area contributed by atoms with Crippen molar-refractivity contribution in [2.75, 3.05) is 0 Å². The Balaban J connectivity index is 1.83. The Bertz CT molecular complexity index is 542. The zero-order valence-corrected chi connectivity index (χ0v) is 11.3. The van der Waals surface area contributed by atoms with Crippen molar-refractivity contribution >= 4 is 11.6 Å². The molecule has 0 aliphatic carbocycles. The molecule has 2 nitrogen and oxygen atoms in total. The van der Waals surface area contributed by atoms with Gasteiger partial charge in [-0.25, -0.2) is 4.98 Å². The van der Waals surface area contributed by atoms with Crippen molar-refractivity contribution in [1.29, 1.82) is 0 Å². The van der Waals surface area contributed by atoms with Crippen molar-refractivity contribution < 1.29 is 0 Å². The van der Waals surface area contributed by atoms with Crippen LogP contribution in [-0.4, -0.2) is 9.55 Å². The molecule has 3 heteroatoms. The minimum Gasteiger partial charge on any atom is -0.332 e. The third kappa shape index (κ3) is 2.30. The van der Waals surface area contributed by atoms with Crippen molar-refractivity contribution in [3.63, 3.8) is 0 Å². The highest BCUT2D eigenvalue weighted by Gasteiger charge is 2.18. The Hall–Kier alpha value is -1.28. The minimum absolute atomic E-state index is 0.789. The summed E-state index contributed by atoms with van der Waals surface area (Å²) in [6.45, 7) is 3.43. The first kappa shape index (κ1) is 11.8. The maximum Gasteiger partial charge on any atom is 0.113 e. The van der Waals surface area contributed by atoms with Crippen molar-refractivity contribution in [3.8, 4) is 0 Å². The molecule has 1 aromatic carbocycles. The largest absolute Gasteiger partial charge is 0.332 e. The molecule has 2 aromatic rings. The Labute approximate surface area is 113 Å². The second-order valence-electron chi connectivity index (χ2n) is 5.22. The number of benzene rings is 1. The van der Waals surface area contributed by atoms with E-state index in [1.165, 1.54) is 23.5 Å². The van der Waals surface area contributed by atoms with E-state index in [9.17, 15) is 0 Å². The van der Waals surface area contributed by atoms with Gasteiger partial charge < -0.3 is 4.57 Å². The summed E-state index contributed by atoms with van der Waals surface area (Å²) in [5.74, 6) is 1.97. The van der Waals surface area contributed by atoms with Crippen LogP contribution in [0.2, 0.25) is 5.02 Å². The van der Waals surface area contributed by atoms with Gasteiger partial charge in [0.05, 0.1) is 0 Å². The van der Waals surface area contributed by atoms with Crippen molar-refractivity contribution in [2.45, 2.75) is 32.7 Å². The summed E-state index contributed by atoms with van der Waals surface area (Å²) in [4.78, 5) is 4.58. The van der Waals surface area contributed by atoms with Crippen LogP contribution in [0.1, 0.15) is 30.4 Å². The molecule has 0 fully saturated rings. The van der Waals surface area contributed by atoms with E-state index in [2.05, 4.69) is 28.6 Å². The highest BCUT2D eigenvalue weighted by atomic mass is 35.5. The maximum atomic E-state index is 5.90. The molecule has 0 radical (unpaired) electrons. The first-order chi connectivity index (χ1) is 8.72. The van der Waals surface area contributed by atoms with Crippen LogP contribution in [-0.2, 0) is 19.4 Å².